The minimum Gasteiger partial charge on any atom is -0.327 e. The van der Waals surface area contributed by atoms with Crippen LogP contribution in [0.3, 0.4) is 0 Å². The summed E-state index contributed by atoms with van der Waals surface area (Å²) >= 11 is 1.75. The molecule has 0 fully saturated rings. The van der Waals surface area contributed by atoms with Gasteiger partial charge in [0.25, 0.3) is 0 Å². The van der Waals surface area contributed by atoms with Gasteiger partial charge in [-0.3, -0.25) is 0 Å². The number of thiophene rings is 1. The van der Waals surface area contributed by atoms with Gasteiger partial charge >= 0.3 is 0 Å². The van der Waals surface area contributed by atoms with E-state index in [4.69, 9.17) is 5.73 Å². The number of rotatable bonds is 4. The van der Waals surface area contributed by atoms with Crippen molar-refractivity contribution >= 4 is 21.6 Å². The molecule has 4 heteroatoms. The highest BCUT2D eigenvalue weighted by Crippen LogP contribution is 2.26. The summed E-state index contributed by atoms with van der Waals surface area (Å²) in [6.07, 6.45) is 3.54. The van der Waals surface area contributed by atoms with Crippen molar-refractivity contribution in [3.8, 4) is 0 Å². The Balaban J connectivity index is 2.36. The average Bonchev–Trinajstić information content (AvgIpc) is 2.72. The molecule has 2 aromatic heterocycles. The molecule has 0 saturated heterocycles. The van der Waals surface area contributed by atoms with Crippen molar-refractivity contribution in [2.45, 2.75) is 39.7 Å². The minimum absolute atomic E-state index is 0.165. The van der Waals surface area contributed by atoms with Gasteiger partial charge in [-0.05, 0) is 18.4 Å². The fourth-order valence-electron chi connectivity index (χ4n) is 1.75. The number of nitrogens with two attached hydrogens (primary N) is 1. The lowest BCUT2D eigenvalue weighted by Gasteiger charge is -2.14. The Labute approximate surface area is 106 Å². The SMILES string of the molecule is CCc1cc2c(CC(N)C(C)C)ncnc2s1. The number of hydrogen-bond donors (Lipinski definition) is 1. The molecular weight excluding hydrogens is 230 g/mol. The van der Waals surface area contributed by atoms with Crippen molar-refractivity contribution in [1.29, 1.82) is 0 Å². The first-order chi connectivity index (χ1) is 8.11. The van der Waals surface area contributed by atoms with E-state index in [0.717, 1.165) is 23.4 Å². The van der Waals surface area contributed by atoms with Crippen molar-refractivity contribution < 1.29 is 0 Å². The van der Waals surface area contributed by atoms with Gasteiger partial charge in [-0.1, -0.05) is 20.8 Å². The van der Waals surface area contributed by atoms with Crippen molar-refractivity contribution in [1.82, 2.24) is 9.97 Å². The fraction of sp³-hybridized carbons (Fsp3) is 0.538. The Morgan fingerprint density at radius 2 is 2.12 bits per heavy atom. The van der Waals surface area contributed by atoms with Crippen LogP contribution in [-0.4, -0.2) is 16.0 Å². The quantitative estimate of drug-likeness (QED) is 0.906. The Morgan fingerprint density at radius 3 is 2.76 bits per heavy atom. The highest BCUT2D eigenvalue weighted by Gasteiger charge is 2.13. The number of fused-ring (bicyclic) bond motifs is 1. The average molecular weight is 249 g/mol. The molecule has 0 spiro atoms. The second-order valence-corrected chi connectivity index (χ2v) is 5.83. The molecule has 1 unspecified atom stereocenters. The molecule has 2 heterocycles. The first-order valence-electron chi connectivity index (χ1n) is 6.09. The van der Waals surface area contributed by atoms with Crippen LogP contribution in [0.15, 0.2) is 12.4 Å². The molecule has 0 bridgehead atoms. The third-order valence-corrected chi connectivity index (χ3v) is 4.28. The predicted octanol–water partition coefficient (Wildman–Crippen LogP) is 2.78. The molecule has 92 valence electrons. The second kappa shape index (κ2) is 5.10. The Bertz CT molecular complexity index is 504. The van der Waals surface area contributed by atoms with Crippen LogP contribution in [-0.2, 0) is 12.8 Å². The molecular formula is C13H19N3S. The molecule has 0 saturated carbocycles. The second-order valence-electron chi connectivity index (χ2n) is 4.72. The maximum absolute atomic E-state index is 6.12. The summed E-state index contributed by atoms with van der Waals surface area (Å²) in [6, 6.07) is 2.38. The molecule has 17 heavy (non-hydrogen) atoms. The summed E-state index contributed by atoms with van der Waals surface area (Å²) < 4.78 is 0. The zero-order chi connectivity index (χ0) is 12.4. The van der Waals surface area contributed by atoms with Gasteiger partial charge in [0.2, 0.25) is 0 Å². The van der Waals surface area contributed by atoms with Crippen LogP contribution in [0.2, 0.25) is 0 Å². The third-order valence-electron chi connectivity index (χ3n) is 3.10. The summed E-state index contributed by atoms with van der Waals surface area (Å²) in [5.41, 5.74) is 7.21. The summed E-state index contributed by atoms with van der Waals surface area (Å²) in [7, 11) is 0. The van der Waals surface area contributed by atoms with E-state index >= 15 is 0 Å². The number of hydrogen-bond acceptors (Lipinski definition) is 4. The zero-order valence-corrected chi connectivity index (χ0v) is 11.4. The minimum atomic E-state index is 0.165. The molecule has 0 radical (unpaired) electrons. The standard InChI is InChI=1S/C13H19N3S/c1-4-9-5-10-12(6-11(14)8(2)3)15-7-16-13(10)17-9/h5,7-8,11H,4,6,14H2,1-3H3. The van der Waals surface area contributed by atoms with Crippen LogP contribution in [0, 0.1) is 5.92 Å². The van der Waals surface area contributed by atoms with Crippen molar-refractivity contribution in [3.05, 3.63) is 23.0 Å². The molecule has 3 nitrogen and oxygen atoms in total. The predicted molar refractivity (Wildman–Crippen MR) is 73.3 cm³/mol. The Morgan fingerprint density at radius 1 is 1.35 bits per heavy atom. The van der Waals surface area contributed by atoms with E-state index in [0.29, 0.717) is 5.92 Å². The summed E-state index contributed by atoms with van der Waals surface area (Å²) in [4.78, 5) is 11.2. The Kier molecular flexibility index (Phi) is 3.74. The molecule has 2 aromatic rings. The van der Waals surface area contributed by atoms with Crippen LogP contribution in [0.5, 0.6) is 0 Å². The van der Waals surface area contributed by atoms with Crippen LogP contribution < -0.4 is 5.73 Å². The van der Waals surface area contributed by atoms with Crippen LogP contribution >= 0.6 is 11.3 Å². The summed E-state index contributed by atoms with van der Waals surface area (Å²) in [5, 5.41) is 1.19. The van der Waals surface area contributed by atoms with Crippen molar-refractivity contribution in [2.24, 2.45) is 11.7 Å². The molecule has 0 aromatic carbocycles. The number of nitrogens with zero attached hydrogens (tertiary/aromatic N) is 2. The van der Waals surface area contributed by atoms with Gasteiger partial charge in [0.15, 0.2) is 0 Å². The van der Waals surface area contributed by atoms with Crippen LogP contribution in [0.1, 0.15) is 31.3 Å². The van der Waals surface area contributed by atoms with E-state index in [1.807, 2.05) is 0 Å². The highest BCUT2D eigenvalue weighted by molar-refractivity contribution is 7.18. The lowest BCUT2D eigenvalue weighted by Crippen LogP contribution is -2.29. The van der Waals surface area contributed by atoms with Gasteiger partial charge in [0.05, 0.1) is 5.69 Å². The first-order valence-corrected chi connectivity index (χ1v) is 6.91. The molecule has 2 N–H and O–H groups in total. The molecule has 0 aliphatic carbocycles. The van der Waals surface area contributed by atoms with Crippen LogP contribution in [0.4, 0.5) is 0 Å². The molecule has 0 aliphatic rings. The van der Waals surface area contributed by atoms with E-state index in [9.17, 15) is 0 Å². The van der Waals surface area contributed by atoms with Crippen molar-refractivity contribution in [2.75, 3.05) is 0 Å². The maximum atomic E-state index is 6.12. The molecule has 1 atom stereocenters. The Hall–Kier alpha value is -1.00. The summed E-state index contributed by atoms with van der Waals surface area (Å²) in [5.74, 6) is 0.476. The van der Waals surface area contributed by atoms with Crippen LogP contribution in [0.25, 0.3) is 10.2 Å². The highest BCUT2D eigenvalue weighted by atomic mass is 32.1. The van der Waals surface area contributed by atoms with Gasteiger partial charge < -0.3 is 5.73 Å². The summed E-state index contributed by atoms with van der Waals surface area (Å²) in [6.45, 7) is 6.46. The van der Waals surface area contributed by atoms with E-state index in [-0.39, 0.29) is 6.04 Å². The smallest absolute Gasteiger partial charge is 0.127 e. The lowest BCUT2D eigenvalue weighted by molar-refractivity contribution is 0.487. The van der Waals surface area contributed by atoms with E-state index in [1.165, 1.54) is 10.3 Å². The number of aryl methyl sites for hydroxylation is 1. The monoisotopic (exact) mass is 249 g/mol. The largest absolute Gasteiger partial charge is 0.327 e. The topological polar surface area (TPSA) is 51.8 Å². The van der Waals surface area contributed by atoms with Crippen molar-refractivity contribution in [3.63, 3.8) is 0 Å². The molecule has 2 rings (SSSR count). The van der Waals surface area contributed by atoms with Gasteiger partial charge in [0.1, 0.15) is 11.2 Å². The normalized spacial score (nSPS) is 13.5. The molecule has 0 amide bonds. The lowest BCUT2D eigenvalue weighted by atomic mass is 9.99. The van der Waals surface area contributed by atoms with E-state index in [1.54, 1.807) is 17.7 Å². The first kappa shape index (κ1) is 12.5. The van der Waals surface area contributed by atoms with E-state index in [2.05, 4.69) is 36.8 Å². The number of aromatic nitrogens is 2. The fourth-order valence-corrected chi connectivity index (χ4v) is 2.71. The van der Waals surface area contributed by atoms with Gasteiger partial charge in [0, 0.05) is 22.7 Å². The maximum Gasteiger partial charge on any atom is 0.127 e. The van der Waals surface area contributed by atoms with Gasteiger partial charge in [-0.15, -0.1) is 11.3 Å². The zero-order valence-electron chi connectivity index (χ0n) is 10.6. The van der Waals surface area contributed by atoms with E-state index < -0.39 is 0 Å². The molecule has 0 aliphatic heterocycles. The third kappa shape index (κ3) is 2.64. The van der Waals surface area contributed by atoms with Gasteiger partial charge in [-0.25, -0.2) is 9.97 Å². The van der Waals surface area contributed by atoms with Gasteiger partial charge in [-0.2, -0.15) is 0 Å².